The molecule has 0 spiro atoms. The molecule has 1 unspecified atom stereocenters. The number of carbonyl (C=O) groups is 2. The first-order valence-corrected chi connectivity index (χ1v) is 9.00. The zero-order chi connectivity index (χ0) is 18.4. The summed E-state index contributed by atoms with van der Waals surface area (Å²) in [5.41, 5.74) is 0.0238. The van der Waals surface area contributed by atoms with Crippen LogP contribution in [-0.2, 0) is 11.2 Å². The average molecular weight is 383 g/mol. The molecule has 0 bridgehead atoms. The lowest BCUT2D eigenvalue weighted by Crippen LogP contribution is -2.42. The van der Waals surface area contributed by atoms with Crippen molar-refractivity contribution in [3.05, 3.63) is 45.4 Å². The molecule has 1 heterocycles. The molecule has 2 N–H and O–H groups in total. The fourth-order valence-corrected chi connectivity index (χ4v) is 3.05. The number of ether oxygens (including phenoxy) is 1. The van der Waals surface area contributed by atoms with Gasteiger partial charge in [0.15, 0.2) is 11.8 Å². The molecule has 1 aromatic heterocycles. The number of aromatic nitrogens is 1. The first-order valence-electron chi connectivity index (χ1n) is 7.74. The summed E-state index contributed by atoms with van der Waals surface area (Å²) in [5, 5.41) is 14.3. The molecule has 2 aromatic rings. The molecule has 134 valence electrons. The summed E-state index contributed by atoms with van der Waals surface area (Å²) < 4.78 is 5.77. The molecule has 1 aromatic carbocycles. The van der Waals surface area contributed by atoms with E-state index in [0.717, 1.165) is 0 Å². The van der Waals surface area contributed by atoms with Crippen LogP contribution < -0.4 is 10.1 Å². The second-order valence-corrected chi connectivity index (χ2v) is 7.09. The smallest absolute Gasteiger partial charge is 0.355 e. The summed E-state index contributed by atoms with van der Waals surface area (Å²) >= 11 is 7.19. The van der Waals surface area contributed by atoms with E-state index < -0.39 is 12.1 Å². The highest BCUT2D eigenvalue weighted by Gasteiger charge is 2.24. The van der Waals surface area contributed by atoms with E-state index in [2.05, 4.69) is 10.3 Å². The Morgan fingerprint density at radius 2 is 2.16 bits per heavy atom. The maximum Gasteiger partial charge on any atom is 0.355 e. The van der Waals surface area contributed by atoms with Gasteiger partial charge >= 0.3 is 5.97 Å². The van der Waals surface area contributed by atoms with Gasteiger partial charge in [-0.2, -0.15) is 0 Å². The Balaban J connectivity index is 1.90. The van der Waals surface area contributed by atoms with Gasteiger partial charge in [-0.3, -0.25) is 4.79 Å². The molecule has 0 saturated heterocycles. The highest BCUT2D eigenvalue weighted by Crippen LogP contribution is 2.20. The number of thiazole rings is 1. The third kappa shape index (κ3) is 5.72. The van der Waals surface area contributed by atoms with Crippen molar-refractivity contribution in [3.8, 4) is 5.75 Å². The molecule has 8 heteroatoms. The molecule has 1 atom stereocenters. The molecular weight excluding hydrogens is 364 g/mol. The standard InChI is InChI=1S/C17H19ClN2O4S/c1-10(2)15(24-12-5-3-4-11(18)8-12)16(21)19-7-6-14-20-13(9-25-14)17(22)23/h3-5,8-10,15H,6-7H2,1-2H3,(H,19,21)(H,22,23). The minimum atomic E-state index is -1.05. The molecule has 0 fully saturated rings. The van der Waals surface area contributed by atoms with Crippen molar-refractivity contribution in [1.82, 2.24) is 10.3 Å². The predicted octanol–water partition coefficient (Wildman–Crippen LogP) is 3.26. The Hall–Kier alpha value is -2.12. The first-order chi connectivity index (χ1) is 11.9. The second-order valence-electron chi connectivity index (χ2n) is 5.71. The summed E-state index contributed by atoms with van der Waals surface area (Å²) in [6.45, 7) is 4.15. The molecular formula is C17H19ClN2O4S. The van der Waals surface area contributed by atoms with Crippen LogP contribution in [0, 0.1) is 5.92 Å². The van der Waals surface area contributed by atoms with Crippen molar-refractivity contribution in [3.63, 3.8) is 0 Å². The lowest BCUT2D eigenvalue weighted by Gasteiger charge is -2.22. The minimum Gasteiger partial charge on any atom is -0.480 e. The van der Waals surface area contributed by atoms with Crippen molar-refractivity contribution in [2.75, 3.05) is 6.54 Å². The number of carboxylic acid groups (broad SMARTS) is 1. The monoisotopic (exact) mass is 382 g/mol. The summed E-state index contributed by atoms with van der Waals surface area (Å²) in [6.07, 6.45) is -0.185. The molecule has 0 radical (unpaired) electrons. The average Bonchev–Trinajstić information content (AvgIpc) is 3.01. The SMILES string of the molecule is CC(C)C(Oc1cccc(Cl)c1)C(=O)NCCc1nc(C(=O)O)cs1. The molecule has 6 nitrogen and oxygen atoms in total. The highest BCUT2D eigenvalue weighted by molar-refractivity contribution is 7.09. The Kier molecular flexibility index (Phi) is 6.78. The second kappa shape index (κ2) is 8.82. The van der Waals surface area contributed by atoms with Crippen LogP contribution in [0.2, 0.25) is 5.02 Å². The van der Waals surface area contributed by atoms with Crippen molar-refractivity contribution < 1.29 is 19.4 Å². The number of halogens is 1. The Labute approximate surface area is 154 Å². The van der Waals surface area contributed by atoms with E-state index in [1.807, 2.05) is 13.8 Å². The largest absolute Gasteiger partial charge is 0.480 e. The van der Waals surface area contributed by atoms with E-state index in [1.54, 1.807) is 24.3 Å². The number of hydrogen-bond donors (Lipinski definition) is 2. The van der Waals surface area contributed by atoms with Gasteiger partial charge in [0.1, 0.15) is 5.75 Å². The number of amides is 1. The Bertz CT molecular complexity index is 748. The van der Waals surface area contributed by atoms with Gasteiger partial charge in [0.05, 0.1) is 5.01 Å². The summed E-state index contributed by atoms with van der Waals surface area (Å²) in [6, 6.07) is 6.90. The fourth-order valence-electron chi connectivity index (χ4n) is 2.10. The van der Waals surface area contributed by atoms with Crippen LogP contribution in [0.3, 0.4) is 0 Å². The van der Waals surface area contributed by atoms with Crippen LogP contribution in [0.4, 0.5) is 0 Å². The Morgan fingerprint density at radius 1 is 1.40 bits per heavy atom. The number of benzene rings is 1. The highest BCUT2D eigenvalue weighted by atomic mass is 35.5. The first kappa shape index (κ1) is 19.2. The van der Waals surface area contributed by atoms with E-state index in [9.17, 15) is 9.59 Å². The van der Waals surface area contributed by atoms with Crippen LogP contribution in [0.1, 0.15) is 29.3 Å². The van der Waals surface area contributed by atoms with E-state index in [0.29, 0.717) is 28.7 Å². The van der Waals surface area contributed by atoms with Gasteiger partial charge in [0.2, 0.25) is 0 Å². The van der Waals surface area contributed by atoms with Crippen LogP contribution in [0.25, 0.3) is 0 Å². The molecule has 0 aliphatic heterocycles. The van der Waals surface area contributed by atoms with Crippen molar-refractivity contribution in [1.29, 1.82) is 0 Å². The van der Waals surface area contributed by atoms with E-state index in [1.165, 1.54) is 16.7 Å². The number of aromatic carboxylic acids is 1. The normalized spacial score (nSPS) is 12.0. The van der Waals surface area contributed by atoms with Crippen LogP contribution in [0.5, 0.6) is 5.75 Å². The van der Waals surface area contributed by atoms with Gasteiger partial charge < -0.3 is 15.2 Å². The van der Waals surface area contributed by atoms with Gasteiger partial charge in [-0.15, -0.1) is 11.3 Å². The lowest BCUT2D eigenvalue weighted by molar-refractivity contribution is -0.129. The minimum absolute atomic E-state index is 0.0238. The zero-order valence-electron chi connectivity index (χ0n) is 13.9. The number of carbonyl (C=O) groups excluding carboxylic acids is 1. The van der Waals surface area contributed by atoms with Crippen LogP contribution in [0.15, 0.2) is 29.6 Å². The number of nitrogens with zero attached hydrogens (tertiary/aromatic N) is 1. The topological polar surface area (TPSA) is 88.5 Å². The van der Waals surface area contributed by atoms with Crippen molar-refractivity contribution >= 4 is 34.8 Å². The molecule has 25 heavy (non-hydrogen) atoms. The Morgan fingerprint density at radius 3 is 2.76 bits per heavy atom. The van der Waals surface area contributed by atoms with E-state index in [-0.39, 0.29) is 17.5 Å². The van der Waals surface area contributed by atoms with Gasteiger partial charge in [0.25, 0.3) is 5.91 Å². The molecule has 2 rings (SSSR count). The summed E-state index contributed by atoms with van der Waals surface area (Å²) in [4.78, 5) is 27.2. The van der Waals surface area contributed by atoms with Crippen LogP contribution >= 0.6 is 22.9 Å². The maximum absolute atomic E-state index is 12.4. The van der Waals surface area contributed by atoms with Crippen molar-refractivity contribution in [2.45, 2.75) is 26.4 Å². The lowest BCUT2D eigenvalue weighted by atomic mass is 10.1. The molecule has 0 aliphatic rings. The quantitative estimate of drug-likeness (QED) is 0.731. The van der Waals surface area contributed by atoms with Crippen molar-refractivity contribution in [2.24, 2.45) is 5.92 Å². The number of nitrogens with one attached hydrogen (secondary N) is 1. The third-order valence-electron chi connectivity index (χ3n) is 3.33. The third-order valence-corrected chi connectivity index (χ3v) is 4.48. The maximum atomic E-state index is 12.4. The van der Waals surface area contributed by atoms with Gasteiger partial charge in [-0.25, -0.2) is 9.78 Å². The van der Waals surface area contributed by atoms with Gasteiger partial charge in [0, 0.05) is 23.4 Å². The van der Waals surface area contributed by atoms with Gasteiger partial charge in [-0.1, -0.05) is 31.5 Å². The molecule has 0 saturated carbocycles. The number of hydrogen-bond acceptors (Lipinski definition) is 5. The van der Waals surface area contributed by atoms with Crippen LogP contribution in [-0.4, -0.2) is 34.6 Å². The zero-order valence-corrected chi connectivity index (χ0v) is 15.4. The van der Waals surface area contributed by atoms with E-state index in [4.69, 9.17) is 21.4 Å². The predicted molar refractivity (Wildman–Crippen MR) is 96.5 cm³/mol. The number of carboxylic acids is 1. The summed E-state index contributed by atoms with van der Waals surface area (Å²) in [5.74, 6) is -0.781. The van der Waals surface area contributed by atoms with Gasteiger partial charge in [-0.05, 0) is 24.1 Å². The molecule has 0 aliphatic carbocycles. The summed E-state index contributed by atoms with van der Waals surface area (Å²) in [7, 11) is 0. The number of rotatable bonds is 8. The van der Waals surface area contributed by atoms with E-state index >= 15 is 0 Å². The molecule has 1 amide bonds. The fraction of sp³-hybridized carbons (Fsp3) is 0.353.